The molecule has 0 radical (unpaired) electrons. The van der Waals surface area contributed by atoms with Gasteiger partial charge in [0.2, 0.25) is 0 Å². The summed E-state index contributed by atoms with van der Waals surface area (Å²) in [5.41, 5.74) is 7.67. The Morgan fingerprint density at radius 1 is 1.00 bits per heavy atom. The van der Waals surface area contributed by atoms with Crippen molar-refractivity contribution in [2.45, 2.75) is 19.3 Å². The fraction of sp³-hybridized carbons (Fsp3) is 0.300. The van der Waals surface area contributed by atoms with E-state index in [1.165, 1.54) is 5.56 Å². The van der Waals surface area contributed by atoms with E-state index >= 15 is 0 Å². The van der Waals surface area contributed by atoms with Crippen molar-refractivity contribution >= 4 is 17.6 Å². The van der Waals surface area contributed by atoms with Crippen LogP contribution in [0.15, 0.2) is 54.6 Å². The maximum Gasteiger partial charge on any atom is 0.316 e. The Labute approximate surface area is 147 Å². The van der Waals surface area contributed by atoms with Crippen LogP contribution in [-0.4, -0.2) is 29.9 Å². The number of amides is 3. The molecule has 1 aliphatic heterocycles. The molecule has 0 aliphatic carbocycles. The van der Waals surface area contributed by atoms with Gasteiger partial charge in [0.05, 0.1) is 0 Å². The summed E-state index contributed by atoms with van der Waals surface area (Å²) >= 11 is 0. The van der Waals surface area contributed by atoms with Gasteiger partial charge in [-0.1, -0.05) is 30.3 Å². The van der Waals surface area contributed by atoms with Gasteiger partial charge in [0, 0.05) is 24.3 Å². The molecule has 1 aliphatic rings. The number of benzene rings is 2. The van der Waals surface area contributed by atoms with Crippen LogP contribution in [0.25, 0.3) is 0 Å². The van der Waals surface area contributed by atoms with E-state index in [1.807, 2.05) is 11.0 Å². The molecule has 2 aromatic carbocycles. The fourth-order valence-electron chi connectivity index (χ4n) is 3.31. The number of rotatable bonds is 4. The number of piperidine rings is 1. The molecule has 5 nitrogen and oxygen atoms in total. The number of carbonyl (C=O) groups is 2. The molecule has 0 atom stereocenters. The van der Waals surface area contributed by atoms with Gasteiger partial charge in [-0.3, -0.25) is 4.79 Å². The van der Waals surface area contributed by atoms with Gasteiger partial charge in [0.15, 0.2) is 0 Å². The first-order valence-electron chi connectivity index (χ1n) is 8.61. The van der Waals surface area contributed by atoms with Crippen LogP contribution in [0.4, 0.5) is 10.5 Å². The van der Waals surface area contributed by atoms with E-state index in [2.05, 4.69) is 29.6 Å². The molecule has 0 spiro atoms. The highest BCUT2D eigenvalue weighted by molar-refractivity contribution is 5.95. The predicted octanol–water partition coefficient (Wildman–Crippen LogP) is 3.27. The van der Waals surface area contributed by atoms with E-state index in [0.29, 0.717) is 17.2 Å². The first-order valence-corrected chi connectivity index (χ1v) is 8.61. The van der Waals surface area contributed by atoms with Gasteiger partial charge >= 0.3 is 6.03 Å². The van der Waals surface area contributed by atoms with Gasteiger partial charge in [-0.2, -0.15) is 0 Å². The van der Waals surface area contributed by atoms with E-state index in [4.69, 9.17) is 5.73 Å². The largest absolute Gasteiger partial charge is 0.351 e. The van der Waals surface area contributed by atoms with Crippen LogP contribution in [0.5, 0.6) is 0 Å². The molecular formula is C20H23N3O2. The summed E-state index contributed by atoms with van der Waals surface area (Å²) in [7, 11) is 0. The van der Waals surface area contributed by atoms with Gasteiger partial charge in [0.1, 0.15) is 0 Å². The molecule has 1 heterocycles. The van der Waals surface area contributed by atoms with Gasteiger partial charge in [-0.25, -0.2) is 4.79 Å². The quantitative estimate of drug-likeness (QED) is 0.898. The van der Waals surface area contributed by atoms with Crippen LogP contribution in [-0.2, 0) is 6.42 Å². The molecule has 3 amide bonds. The summed E-state index contributed by atoms with van der Waals surface area (Å²) in [6.07, 6.45) is 3.14. The number of hydrogen-bond acceptors (Lipinski definition) is 2. The number of nitrogens with two attached hydrogens (primary N) is 1. The molecule has 1 saturated heterocycles. The third-order valence-electron chi connectivity index (χ3n) is 4.67. The minimum absolute atomic E-state index is 0.0452. The smallest absolute Gasteiger partial charge is 0.316 e. The van der Waals surface area contributed by atoms with Crippen molar-refractivity contribution in [1.29, 1.82) is 0 Å². The number of carbonyl (C=O) groups excluding carboxylic acids is 2. The lowest BCUT2D eigenvalue weighted by atomic mass is 9.90. The number of urea groups is 1. The topological polar surface area (TPSA) is 75.4 Å². The zero-order valence-corrected chi connectivity index (χ0v) is 14.2. The Bertz CT molecular complexity index is 720. The van der Waals surface area contributed by atoms with Gasteiger partial charge in [-0.15, -0.1) is 0 Å². The molecule has 25 heavy (non-hydrogen) atoms. The van der Waals surface area contributed by atoms with Gasteiger partial charge in [-0.05, 0) is 55.0 Å². The van der Waals surface area contributed by atoms with E-state index in [1.54, 1.807) is 24.3 Å². The molecule has 3 N–H and O–H groups in total. The summed E-state index contributed by atoms with van der Waals surface area (Å²) in [5, 5.41) is 2.49. The van der Waals surface area contributed by atoms with Crippen molar-refractivity contribution in [2.75, 3.05) is 18.4 Å². The third kappa shape index (κ3) is 4.59. The van der Waals surface area contributed by atoms with Crippen molar-refractivity contribution in [2.24, 2.45) is 11.7 Å². The molecular weight excluding hydrogens is 314 g/mol. The van der Waals surface area contributed by atoms with Crippen molar-refractivity contribution in [1.82, 2.24) is 4.90 Å². The summed E-state index contributed by atoms with van der Waals surface area (Å²) in [5.74, 6) is 0.678. The second kappa shape index (κ2) is 7.83. The highest BCUT2D eigenvalue weighted by Crippen LogP contribution is 2.23. The summed E-state index contributed by atoms with van der Waals surface area (Å²) in [6, 6.07) is 16.7. The van der Waals surface area contributed by atoms with Crippen LogP contribution >= 0.6 is 0 Å². The Morgan fingerprint density at radius 2 is 1.64 bits per heavy atom. The maximum atomic E-state index is 12.6. The highest BCUT2D eigenvalue weighted by Gasteiger charge is 2.23. The standard InChI is InChI=1S/C20H23N3O2/c21-20(25)22-18-8-6-17(7-9-18)19(24)23-12-10-16(11-13-23)14-15-4-2-1-3-5-15/h1-9,16H,10-14H2,(H3,21,22,25). The zero-order valence-electron chi connectivity index (χ0n) is 14.2. The van der Waals surface area contributed by atoms with Crippen LogP contribution < -0.4 is 11.1 Å². The minimum atomic E-state index is -0.612. The SMILES string of the molecule is NC(=O)Nc1ccc(C(=O)N2CCC(Cc3ccccc3)CC2)cc1. The highest BCUT2D eigenvalue weighted by atomic mass is 16.2. The third-order valence-corrected chi connectivity index (χ3v) is 4.67. The van der Waals surface area contributed by atoms with Crippen LogP contribution in [0, 0.1) is 5.92 Å². The van der Waals surface area contributed by atoms with Gasteiger partial charge in [0.25, 0.3) is 5.91 Å². The molecule has 5 heteroatoms. The normalized spacial score (nSPS) is 15.0. The minimum Gasteiger partial charge on any atom is -0.351 e. The number of primary amides is 1. The Kier molecular flexibility index (Phi) is 5.33. The van der Waals surface area contributed by atoms with Gasteiger partial charge < -0.3 is 16.0 Å². The van der Waals surface area contributed by atoms with Crippen molar-refractivity contribution in [3.8, 4) is 0 Å². The lowest BCUT2D eigenvalue weighted by Crippen LogP contribution is -2.38. The predicted molar refractivity (Wildman–Crippen MR) is 98.4 cm³/mol. The van der Waals surface area contributed by atoms with Crippen LogP contribution in [0.1, 0.15) is 28.8 Å². The van der Waals surface area contributed by atoms with Crippen molar-refractivity contribution in [3.05, 3.63) is 65.7 Å². The monoisotopic (exact) mass is 337 g/mol. The number of anilines is 1. The molecule has 130 valence electrons. The first-order chi connectivity index (χ1) is 12.1. The van der Waals surface area contributed by atoms with E-state index in [-0.39, 0.29) is 5.91 Å². The molecule has 1 fully saturated rings. The van der Waals surface area contributed by atoms with Crippen LogP contribution in [0.3, 0.4) is 0 Å². The van der Waals surface area contributed by atoms with E-state index in [9.17, 15) is 9.59 Å². The molecule has 0 unspecified atom stereocenters. The molecule has 0 bridgehead atoms. The molecule has 3 rings (SSSR count). The molecule has 2 aromatic rings. The second-order valence-corrected chi connectivity index (χ2v) is 6.49. The molecule has 0 aromatic heterocycles. The Morgan fingerprint density at radius 3 is 2.24 bits per heavy atom. The lowest BCUT2D eigenvalue weighted by molar-refractivity contribution is 0.0690. The number of likely N-dealkylation sites (tertiary alicyclic amines) is 1. The van der Waals surface area contributed by atoms with Crippen molar-refractivity contribution in [3.63, 3.8) is 0 Å². The second-order valence-electron chi connectivity index (χ2n) is 6.49. The van der Waals surface area contributed by atoms with E-state index < -0.39 is 6.03 Å². The maximum absolute atomic E-state index is 12.6. The Hall–Kier alpha value is -2.82. The number of hydrogen-bond donors (Lipinski definition) is 2. The summed E-state index contributed by atoms with van der Waals surface area (Å²) in [6.45, 7) is 1.58. The number of nitrogens with one attached hydrogen (secondary N) is 1. The van der Waals surface area contributed by atoms with E-state index in [0.717, 1.165) is 32.4 Å². The average Bonchev–Trinajstić information content (AvgIpc) is 2.63. The lowest BCUT2D eigenvalue weighted by Gasteiger charge is -2.32. The molecule has 0 saturated carbocycles. The first kappa shape index (κ1) is 17.0. The number of nitrogens with zero attached hydrogens (tertiary/aromatic N) is 1. The average molecular weight is 337 g/mol. The summed E-state index contributed by atoms with van der Waals surface area (Å²) in [4.78, 5) is 25.4. The summed E-state index contributed by atoms with van der Waals surface area (Å²) < 4.78 is 0. The Balaban J connectivity index is 1.53. The zero-order chi connectivity index (χ0) is 17.6. The fourth-order valence-corrected chi connectivity index (χ4v) is 3.31. The van der Waals surface area contributed by atoms with Crippen molar-refractivity contribution < 1.29 is 9.59 Å². The van der Waals surface area contributed by atoms with Crippen LogP contribution in [0.2, 0.25) is 0 Å².